The first-order valence-electron chi connectivity index (χ1n) is 9.33. The summed E-state index contributed by atoms with van der Waals surface area (Å²) in [4.78, 5) is 16.3. The number of aromatic nitrogens is 1. The Bertz CT molecular complexity index is 454. The second-order valence-electron chi connectivity index (χ2n) is 6.68. The number of hydrogen-bond acceptors (Lipinski definition) is 2. The minimum absolute atomic E-state index is 0.0360. The molecule has 1 aromatic rings. The number of amides is 1. The number of carbonyl (C=O) groups is 1. The van der Waals surface area contributed by atoms with Crippen molar-refractivity contribution in [3.8, 4) is 0 Å². The SMILES string of the molecule is CCC[CH2][Sn]([CH2]CCC)([CH2]CCC)[c]1cccc(NC(C)=O)n1. The van der Waals surface area contributed by atoms with E-state index in [1.54, 1.807) is 6.92 Å². The van der Waals surface area contributed by atoms with E-state index in [1.165, 1.54) is 55.5 Å². The molecule has 130 valence electrons. The standard InChI is InChI=1S/C7H7N2O.3C4H9.Sn/c1-6(10)9-7-4-2-3-5-8-7;3*1-3-4-2;/h2-4H,1H3,(H,8,9,10);3*1,3-4H2,2H3;. The van der Waals surface area contributed by atoms with Crippen molar-refractivity contribution in [2.75, 3.05) is 5.32 Å². The topological polar surface area (TPSA) is 42.0 Å². The van der Waals surface area contributed by atoms with Gasteiger partial charge in [-0.2, -0.15) is 0 Å². The molecule has 0 unspecified atom stereocenters. The first-order valence-corrected chi connectivity index (χ1v) is 16.8. The molecule has 0 saturated heterocycles. The Labute approximate surface area is 146 Å². The van der Waals surface area contributed by atoms with Crippen LogP contribution in [0.1, 0.15) is 66.2 Å². The molecule has 4 heteroatoms. The second kappa shape index (κ2) is 11.1. The van der Waals surface area contributed by atoms with Crippen molar-refractivity contribution in [3.05, 3.63) is 18.2 Å². The van der Waals surface area contributed by atoms with Gasteiger partial charge < -0.3 is 0 Å². The summed E-state index contributed by atoms with van der Waals surface area (Å²) in [5.74, 6) is 0.701. The summed E-state index contributed by atoms with van der Waals surface area (Å²) >= 11 is -2.47. The summed E-state index contributed by atoms with van der Waals surface area (Å²) in [5.41, 5.74) is 0. The predicted octanol–water partition coefficient (Wildman–Crippen LogP) is 5.10. The fourth-order valence-electron chi connectivity index (χ4n) is 3.28. The molecule has 0 bridgehead atoms. The van der Waals surface area contributed by atoms with Crippen molar-refractivity contribution in [2.45, 2.75) is 79.5 Å². The Morgan fingerprint density at radius 1 is 1.00 bits per heavy atom. The van der Waals surface area contributed by atoms with Crippen LogP contribution in [0.3, 0.4) is 0 Å². The Morgan fingerprint density at radius 2 is 1.52 bits per heavy atom. The number of pyridine rings is 1. The molecule has 1 heterocycles. The monoisotopic (exact) mass is 426 g/mol. The molecule has 0 spiro atoms. The van der Waals surface area contributed by atoms with E-state index >= 15 is 0 Å². The van der Waals surface area contributed by atoms with Gasteiger partial charge in [-0.1, -0.05) is 0 Å². The average molecular weight is 425 g/mol. The van der Waals surface area contributed by atoms with Crippen molar-refractivity contribution >= 4 is 33.8 Å². The second-order valence-corrected chi connectivity index (χ2v) is 19.7. The number of unbranched alkanes of at least 4 members (excludes halogenated alkanes) is 3. The van der Waals surface area contributed by atoms with Crippen LogP contribution in [0.5, 0.6) is 0 Å². The van der Waals surface area contributed by atoms with Crippen LogP contribution in [0.25, 0.3) is 0 Å². The summed E-state index contributed by atoms with van der Waals surface area (Å²) in [5, 5.41) is 2.87. The van der Waals surface area contributed by atoms with E-state index < -0.39 is 18.4 Å². The predicted molar refractivity (Wildman–Crippen MR) is 103 cm³/mol. The number of nitrogens with zero attached hydrogens (tertiary/aromatic N) is 1. The quantitative estimate of drug-likeness (QED) is 0.502. The zero-order chi connectivity index (χ0) is 17.1. The molecule has 1 aromatic heterocycles. The fourth-order valence-corrected chi connectivity index (χ4v) is 18.7. The van der Waals surface area contributed by atoms with E-state index in [1.807, 2.05) is 6.07 Å². The molecule has 0 radical (unpaired) electrons. The van der Waals surface area contributed by atoms with Crippen molar-refractivity contribution in [3.63, 3.8) is 0 Å². The van der Waals surface area contributed by atoms with Crippen molar-refractivity contribution in [1.82, 2.24) is 4.98 Å². The summed E-state index contributed by atoms with van der Waals surface area (Å²) in [6.45, 7) is 8.42. The zero-order valence-corrected chi connectivity index (χ0v) is 18.3. The Kier molecular flexibility index (Phi) is 9.84. The van der Waals surface area contributed by atoms with Gasteiger partial charge in [0.15, 0.2) is 0 Å². The fraction of sp³-hybridized carbons (Fsp3) is 0.684. The molecule has 0 saturated carbocycles. The average Bonchev–Trinajstić information content (AvgIpc) is 2.54. The molecule has 0 aliphatic rings. The van der Waals surface area contributed by atoms with Gasteiger partial charge in [0.1, 0.15) is 0 Å². The van der Waals surface area contributed by atoms with E-state index in [0.29, 0.717) is 0 Å². The third-order valence-corrected chi connectivity index (χ3v) is 19.7. The molecule has 1 amide bonds. The molecule has 0 aliphatic carbocycles. The van der Waals surface area contributed by atoms with Gasteiger partial charge in [0.25, 0.3) is 0 Å². The molecule has 0 aromatic carbocycles. The molecule has 1 rings (SSSR count). The number of hydrogen-bond donors (Lipinski definition) is 1. The number of anilines is 1. The van der Waals surface area contributed by atoms with Crippen LogP contribution in [-0.2, 0) is 4.79 Å². The van der Waals surface area contributed by atoms with Crippen LogP contribution in [0.4, 0.5) is 5.82 Å². The van der Waals surface area contributed by atoms with Gasteiger partial charge in [0, 0.05) is 0 Å². The zero-order valence-electron chi connectivity index (χ0n) is 15.5. The first-order chi connectivity index (χ1) is 11.1. The number of nitrogens with one attached hydrogen (secondary N) is 1. The van der Waals surface area contributed by atoms with Gasteiger partial charge in [-0.05, 0) is 0 Å². The van der Waals surface area contributed by atoms with Gasteiger partial charge in [0.05, 0.1) is 0 Å². The van der Waals surface area contributed by atoms with E-state index in [2.05, 4.69) is 38.2 Å². The van der Waals surface area contributed by atoms with E-state index in [-0.39, 0.29) is 5.91 Å². The third-order valence-electron chi connectivity index (χ3n) is 4.62. The van der Waals surface area contributed by atoms with Crippen LogP contribution in [0.15, 0.2) is 18.2 Å². The van der Waals surface area contributed by atoms with Gasteiger partial charge in [0.2, 0.25) is 0 Å². The summed E-state index contributed by atoms with van der Waals surface area (Å²) in [7, 11) is 0. The Hall–Kier alpha value is -0.581. The molecule has 0 aliphatic heterocycles. The maximum absolute atomic E-state index is 11.4. The van der Waals surface area contributed by atoms with Crippen LogP contribution in [0.2, 0.25) is 13.3 Å². The Morgan fingerprint density at radius 3 is 1.96 bits per heavy atom. The van der Waals surface area contributed by atoms with Crippen molar-refractivity contribution < 1.29 is 4.79 Å². The minimum atomic E-state index is -2.47. The van der Waals surface area contributed by atoms with E-state index in [0.717, 1.165) is 5.82 Å². The molecule has 0 atom stereocenters. The van der Waals surface area contributed by atoms with Gasteiger partial charge in [-0.3, -0.25) is 0 Å². The van der Waals surface area contributed by atoms with E-state index in [9.17, 15) is 4.79 Å². The number of rotatable bonds is 11. The maximum atomic E-state index is 11.4. The normalized spacial score (nSPS) is 11.5. The molecule has 23 heavy (non-hydrogen) atoms. The van der Waals surface area contributed by atoms with Gasteiger partial charge in [-0.25, -0.2) is 0 Å². The number of carbonyl (C=O) groups excluding carboxylic acids is 1. The van der Waals surface area contributed by atoms with E-state index in [4.69, 9.17) is 4.98 Å². The summed E-state index contributed by atoms with van der Waals surface area (Å²) in [6.07, 6.45) is 7.79. The molecule has 0 fully saturated rings. The van der Waals surface area contributed by atoms with Crippen LogP contribution in [0, 0.1) is 0 Å². The third kappa shape index (κ3) is 6.82. The molecular formula is C19H34N2OSn. The molecule has 1 N–H and O–H groups in total. The van der Waals surface area contributed by atoms with Crippen molar-refractivity contribution in [1.29, 1.82) is 0 Å². The summed E-state index contributed by atoms with van der Waals surface area (Å²) in [6, 6.07) is 6.26. The first kappa shape index (κ1) is 20.5. The molecular weight excluding hydrogens is 391 g/mol. The van der Waals surface area contributed by atoms with Crippen LogP contribution < -0.4 is 9.03 Å². The molecule has 3 nitrogen and oxygen atoms in total. The summed E-state index contributed by atoms with van der Waals surface area (Å²) < 4.78 is 5.59. The van der Waals surface area contributed by atoms with Crippen LogP contribution in [-0.4, -0.2) is 29.3 Å². The van der Waals surface area contributed by atoms with Crippen molar-refractivity contribution in [2.24, 2.45) is 0 Å². The van der Waals surface area contributed by atoms with Crippen LogP contribution >= 0.6 is 0 Å². The van der Waals surface area contributed by atoms with Gasteiger partial charge >= 0.3 is 147 Å². The Balaban J connectivity index is 3.14. The van der Waals surface area contributed by atoms with Gasteiger partial charge in [-0.15, -0.1) is 0 Å².